The number of H-pyrrole nitrogens is 1. The molecular weight excluding hydrogens is 448 g/mol. The number of hydrogen-bond donors (Lipinski definition) is 2. The molecule has 0 amide bonds. The minimum atomic E-state index is -0.425. The van der Waals surface area contributed by atoms with Gasteiger partial charge >= 0.3 is 0 Å². The molecule has 2 bridgehead atoms. The minimum Gasteiger partial charge on any atom is -0.373 e. The molecule has 0 spiro atoms. The van der Waals surface area contributed by atoms with Gasteiger partial charge < -0.3 is 19.8 Å². The third-order valence-electron chi connectivity index (χ3n) is 8.23. The molecule has 5 rings (SSSR count). The molecule has 0 saturated carbocycles. The Bertz CT molecular complexity index is 1260. The van der Waals surface area contributed by atoms with E-state index in [0.29, 0.717) is 28.5 Å². The Morgan fingerprint density at radius 3 is 2.81 bits per heavy atom. The van der Waals surface area contributed by atoms with Gasteiger partial charge in [-0.05, 0) is 60.3 Å². The first-order chi connectivity index (χ1) is 17.2. The van der Waals surface area contributed by atoms with E-state index in [9.17, 15) is 0 Å². The van der Waals surface area contributed by atoms with Crippen LogP contribution in [-0.4, -0.2) is 29.3 Å². The number of fused-ring (bicyclic) bond motifs is 2. The van der Waals surface area contributed by atoms with E-state index in [1.54, 1.807) is 0 Å². The highest BCUT2D eigenvalue weighted by atomic mass is 16.5. The van der Waals surface area contributed by atoms with Crippen LogP contribution in [0.3, 0.4) is 0 Å². The molecule has 2 aromatic rings. The number of nitrogens with zero attached hydrogens (tertiary/aromatic N) is 2. The van der Waals surface area contributed by atoms with Crippen LogP contribution in [0.4, 0.5) is 5.69 Å². The number of allylic oxidation sites excluding steroid dienone is 2. The smallest absolute Gasteiger partial charge is 0.154 e. The van der Waals surface area contributed by atoms with E-state index in [1.165, 1.54) is 22.9 Å². The fraction of sp³-hybridized carbons (Fsp3) is 0.467. The molecule has 1 saturated heterocycles. The summed E-state index contributed by atoms with van der Waals surface area (Å²) in [5, 5.41) is 12.6. The van der Waals surface area contributed by atoms with E-state index in [-0.39, 0.29) is 12.2 Å². The number of hydrogen-bond acceptors (Lipinski definition) is 5. The molecule has 188 valence electrons. The number of anilines is 1. The SMILES string of the molecule is C=C(Nc1ccc(C2(OC)C[C@@H]3C=C[C@H](C[C@H]2C)O3)cc1C1=CCC(C)(C)CC1)c1ncc(C#N)[nH]1. The number of aromatic amines is 1. The molecule has 6 nitrogen and oxygen atoms in total. The largest absolute Gasteiger partial charge is 0.373 e. The Morgan fingerprint density at radius 1 is 1.31 bits per heavy atom. The summed E-state index contributed by atoms with van der Waals surface area (Å²) < 4.78 is 12.6. The van der Waals surface area contributed by atoms with Crippen molar-refractivity contribution in [2.45, 2.75) is 70.7 Å². The number of ether oxygens (including phenoxy) is 2. The molecule has 4 atom stereocenters. The van der Waals surface area contributed by atoms with Crippen molar-refractivity contribution in [2.75, 3.05) is 12.4 Å². The van der Waals surface area contributed by atoms with Crippen molar-refractivity contribution in [3.05, 3.63) is 71.8 Å². The van der Waals surface area contributed by atoms with Gasteiger partial charge in [-0.1, -0.05) is 51.6 Å². The maximum Gasteiger partial charge on any atom is 0.154 e. The summed E-state index contributed by atoms with van der Waals surface area (Å²) in [7, 11) is 1.83. The Hall–Kier alpha value is -3.14. The van der Waals surface area contributed by atoms with E-state index in [2.05, 4.69) is 85.1 Å². The maximum atomic E-state index is 9.16. The first-order valence-corrected chi connectivity index (χ1v) is 12.9. The predicted octanol–water partition coefficient (Wildman–Crippen LogP) is 6.55. The van der Waals surface area contributed by atoms with Crippen LogP contribution in [0, 0.1) is 22.7 Å². The van der Waals surface area contributed by atoms with Gasteiger partial charge in [0, 0.05) is 24.8 Å². The van der Waals surface area contributed by atoms with E-state index in [0.717, 1.165) is 37.8 Å². The Labute approximate surface area is 214 Å². The number of methoxy groups -OCH3 is 1. The second-order valence-electron chi connectivity index (χ2n) is 11.3. The molecule has 36 heavy (non-hydrogen) atoms. The average molecular weight is 485 g/mol. The maximum absolute atomic E-state index is 9.16. The molecule has 1 aromatic carbocycles. The zero-order valence-corrected chi connectivity index (χ0v) is 21.7. The monoisotopic (exact) mass is 484 g/mol. The number of rotatable bonds is 6. The van der Waals surface area contributed by atoms with E-state index >= 15 is 0 Å². The lowest BCUT2D eigenvalue weighted by Crippen LogP contribution is -2.38. The van der Waals surface area contributed by atoms with Gasteiger partial charge in [-0.15, -0.1) is 0 Å². The van der Waals surface area contributed by atoms with Crippen LogP contribution in [0.5, 0.6) is 0 Å². The van der Waals surface area contributed by atoms with Crippen LogP contribution in [-0.2, 0) is 15.1 Å². The summed E-state index contributed by atoms with van der Waals surface area (Å²) in [4.78, 5) is 7.32. The zero-order chi connectivity index (χ0) is 25.5. The standard InChI is InChI=1S/C30H36N4O2/c1-19-14-24-7-8-25(36-24)16-30(19,35-5)22-6-9-27(33-20(2)28-32-18-23(17-31)34-28)26(15-22)21-10-12-29(3,4)13-11-21/h6-10,15,18-19,24-25,33H,2,11-14,16H2,1,3-5H3,(H,32,34)/t19-,24-,25+,30?/m1/s1. The highest BCUT2D eigenvalue weighted by Crippen LogP contribution is 2.48. The number of benzene rings is 1. The molecule has 3 heterocycles. The summed E-state index contributed by atoms with van der Waals surface area (Å²) in [6.07, 6.45) is 13.5. The number of aromatic nitrogens is 2. The summed E-state index contributed by atoms with van der Waals surface area (Å²) >= 11 is 0. The Morgan fingerprint density at radius 2 is 2.11 bits per heavy atom. The molecule has 1 fully saturated rings. The lowest BCUT2D eigenvalue weighted by atomic mass is 9.73. The van der Waals surface area contributed by atoms with E-state index < -0.39 is 5.60 Å². The second-order valence-corrected chi connectivity index (χ2v) is 11.3. The summed E-state index contributed by atoms with van der Waals surface area (Å²) in [5.41, 5.74) is 5.61. The van der Waals surface area contributed by atoms with Crippen LogP contribution in [0.1, 0.15) is 75.5 Å². The van der Waals surface area contributed by atoms with Crippen LogP contribution in [0.15, 0.2) is 49.2 Å². The molecule has 2 aliphatic heterocycles. The lowest BCUT2D eigenvalue weighted by molar-refractivity contribution is -0.0711. The van der Waals surface area contributed by atoms with Gasteiger partial charge in [-0.2, -0.15) is 5.26 Å². The Kier molecular flexibility index (Phi) is 6.40. The predicted molar refractivity (Wildman–Crippen MR) is 143 cm³/mol. The highest BCUT2D eigenvalue weighted by Gasteiger charge is 2.45. The highest BCUT2D eigenvalue weighted by molar-refractivity contribution is 5.83. The second kappa shape index (κ2) is 9.38. The van der Waals surface area contributed by atoms with Crippen LogP contribution in [0.2, 0.25) is 0 Å². The number of nitriles is 1. The molecule has 3 aliphatic rings. The quantitative estimate of drug-likeness (QED) is 0.454. The first kappa shape index (κ1) is 24.5. The van der Waals surface area contributed by atoms with Gasteiger partial charge in [0.25, 0.3) is 0 Å². The van der Waals surface area contributed by atoms with Crippen molar-refractivity contribution in [3.8, 4) is 6.07 Å². The summed E-state index contributed by atoms with van der Waals surface area (Å²) in [5.74, 6) is 0.863. The van der Waals surface area contributed by atoms with Crippen molar-refractivity contribution < 1.29 is 9.47 Å². The normalized spacial score (nSPS) is 28.8. The van der Waals surface area contributed by atoms with Crippen molar-refractivity contribution in [1.29, 1.82) is 5.26 Å². The van der Waals surface area contributed by atoms with Crippen molar-refractivity contribution in [2.24, 2.45) is 11.3 Å². The topological polar surface area (TPSA) is 83.0 Å². The van der Waals surface area contributed by atoms with Crippen LogP contribution in [0.25, 0.3) is 11.3 Å². The fourth-order valence-corrected chi connectivity index (χ4v) is 5.91. The molecule has 6 heteroatoms. The zero-order valence-electron chi connectivity index (χ0n) is 21.7. The molecule has 1 aromatic heterocycles. The van der Waals surface area contributed by atoms with Gasteiger partial charge in [0.1, 0.15) is 11.8 Å². The molecule has 1 unspecified atom stereocenters. The fourth-order valence-electron chi connectivity index (χ4n) is 5.91. The van der Waals surface area contributed by atoms with Gasteiger partial charge in [-0.3, -0.25) is 0 Å². The average Bonchev–Trinajstić information content (AvgIpc) is 3.49. The van der Waals surface area contributed by atoms with Gasteiger partial charge in [0.15, 0.2) is 5.82 Å². The van der Waals surface area contributed by atoms with Gasteiger partial charge in [0.05, 0.1) is 29.7 Å². The van der Waals surface area contributed by atoms with Crippen LogP contribution < -0.4 is 5.32 Å². The summed E-state index contributed by atoms with van der Waals surface area (Å²) in [6, 6.07) is 8.71. The van der Waals surface area contributed by atoms with Crippen molar-refractivity contribution >= 4 is 17.0 Å². The number of imidazole rings is 1. The molecule has 0 radical (unpaired) electrons. The van der Waals surface area contributed by atoms with Crippen molar-refractivity contribution in [3.63, 3.8) is 0 Å². The van der Waals surface area contributed by atoms with Gasteiger partial charge in [0.2, 0.25) is 0 Å². The van der Waals surface area contributed by atoms with Crippen LogP contribution >= 0.6 is 0 Å². The minimum absolute atomic E-state index is 0.0731. The first-order valence-electron chi connectivity index (χ1n) is 12.9. The molecular formula is C30H36N4O2. The number of nitrogens with one attached hydrogen (secondary N) is 2. The Balaban J connectivity index is 1.55. The molecule has 2 N–H and O–H groups in total. The third-order valence-corrected chi connectivity index (χ3v) is 8.23. The van der Waals surface area contributed by atoms with Crippen molar-refractivity contribution in [1.82, 2.24) is 9.97 Å². The summed E-state index contributed by atoms with van der Waals surface area (Å²) in [6.45, 7) is 11.1. The van der Waals surface area contributed by atoms with E-state index in [1.807, 2.05) is 7.11 Å². The molecule has 1 aliphatic carbocycles. The lowest BCUT2D eigenvalue weighted by Gasteiger charge is -2.39. The third kappa shape index (κ3) is 4.54. The van der Waals surface area contributed by atoms with Gasteiger partial charge in [-0.25, -0.2) is 4.98 Å². The van der Waals surface area contributed by atoms with E-state index in [4.69, 9.17) is 14.7 Å².